The number of nitrogens with zero attached hydrogens (tertiary/aromatic N) is 6. The van der Waals surface area contributed by atoms with E-state index in [0.717, 1.165) is 30.1 Å². The third-order valence-corrected chi connectivity index (χ3v) is 8.43. The molecule has 0 aliphatic carbocycles. The third kappa shape index (κ3) is 5.72. The van der Waals surface area contributed by atoms with Gasteiger partial charge in [-0.3, -0.25) is 24.2 Å². The molecule has 0 bridgehead atoms. The molecule has 1 aromatic carbocycles. The minimum absolute atomic E-state index is 0.0191. The zero-order valence-electron chi connectivity index (χ0n) is 23.1. The number of rotatable bonds is 4. The van der Waals surface area contributed by atoms with Crippen LogP contribution in [-0.2, 0) is 20.6 Å². The lowest BCUT2D eigenvalue weighted by Gasteiger charge is -2.40. The zero-order chi connectivity index (χ0) is 29.6. The van der Waals surface area contributed by atoms with Crippen molar-refractivity contribution in [3.63, 3.8) is 0 Å². The van der Waals surface area contributed by atoms with Crippen molar-refractivity contribution in [3.8, 4) is 0 Å². The first-order valence-corrected chi connectivity index (χ1v) is 13.9. The van der Waals surface area contributed by atoms with Crippen LogP contribution in [0.3, 0.4) is 0 Å². The highest BCUT2D eigenvalue weighted by Gasteiger charge is 2.49. The molecule has 4 heterocycles. The van der Waals surface area contributed by atoms with Gasteiger partial charge >= 0.3 is 6.18 Å². The molecule has 220 valence electrons. The molecular formula is C28H32ClF3N6O3. The Kier molecular flexibility index (Phi) is 7.90. The Hall–Kier alpha value is -3.38. The van der Waals surface area contributed by atoms with E-state index in [9.17, 15) is 27.6 Å². The van der Waals surface area contributed by atoms with Gasteiger partial charge < -0.3 is 14.7 Å². The van der Waals surface area contributed by atoms with Crippen LogP contribution in [0.25, 0.3) is 0 Å². The Bertz CT molecular complexity index is 1360. The van der Waals surface area contributed by atoms with Crippen molar-refractivity contribution in [3.05, 3.63) is 46.6 Å². The molecule has 3 aliphatic heterocycles. The Morgan fingerprint density at radius 1 is 1.10 bits per heavy atom. The smallest absolute Gasteiger partial charge is 0.367 e. The number of benzene rings is 1. The molecule has 3 amide bonds. The summed E-state index contributed by atoms with van der Waals surface area (Å²) in [5, 5.41) is 0.457. The predicted molar refractivity (Wildman–Crippen MR) is 149 cm³/mol. The second-order valence-electron chi connectivity index (χ2n) is 10.8. The molecule has 2 fully saturated rings. The number of fused-ring (bicyclic) bond motifs is 2. The Morgan fingerprint density at radius 2 is 1.80 bits per heavy atom. The molecule has 0 N–H and O–H groups in total. The van der Waals surface area contributed by atoms with Crippen LogP contribution >= 0.6 is 11.6 Å². The van der Waals surface area contributed by atoms with E-state index in [1.807, 2.05) is 4.90 Å². The number of carbonyl (C=O) groups excluding carboxylic acids is 3. The number of likely N-dealkylation sites (N-methyl/N-ethyl adjacent to an activating group) is 1. The number of para-hydroxylation sites is 1. The van der Waals surface area contributed by atoms with Gasteiger partial charge in [-0.25, -0.2) is 4.98 Å². The SMILES string of the molecule is CC(=O)N1CCN(CCN2C[C@H]3CC(=O)N(c4cc(C(F)(F)F)cc(C)n4)[C@@H]3C(=O)N(C)c3cccc(Cl)c32)CC1. The van der Waals surface area contributed by atoms with Crippen molar-refractivity contribution >= 4 is 46.5 Å². The fraction of sp³-hybridized carbons (Fsp3) is 0.500. The van der Waals surface area contributed by atoms with Crippen LogP contribution in [0, 0.1) is 12.8 Å². The van der Waals surface area contributed by atoms with Crippen LogP contribution < -0.4 is 14.7 Å². The Morgan fingerprint density at radius 3 is 2.46 bits per heavy atom. The van der Waals surface area contributed by atoms with Crippen LogP contribution in [0.5, 0.6) is 0 Å². The lowest BCUT2D eigenvalue weighted by molar-refractivity contribution is -0.137. The number of piperazine rings is 1. The van der Waals surface area contributed by atoms with E-state index < -0.39 is 35.5 Å². The molecule has 0 unspecified atom stereocenters. The molecule has 2 atom stereocenters. The van der Waals surface area contributed by atoms with Crippen molar-refractivity contribution in [2.24, 2.45) is 5.92 Å². The summed E-state index contributed by atoms with van der Waals surface area (Å²) in [6.45, 7) is 7.22. The number of hydrogen-bond donors (Lipinski definition) is 0. The molecule has 9 nitrogen and oxygen atoms in total. The Labute approximate surface area is 241 Å². The first kappa shape index (κ1) is 29.1. The average molecular weight is 593 g/mol. The van der Waals surface area contributed by atoms with Crippen molar-refractivity contribution in [2.45, 2.75) is 32.5 Å². The molecular weight excluding hydrogens is 561 g/mol. The summed E-state index contributed by atoms with van der Waals surface area (Å²) in [6.07, 6.45) is -4.65. The summed E-state index contributed by atoms with van der Waals surface area (Å²) >= 11 is 6.69. The average Bonchev–Trinajstić information content (AvgIpc) is 3.24. The fourth-order valence-electron chi connectivity index (χ4n) is 6.02. The molecule has 3 aliphatic rings. The highest BCUT2D eigenvalue weighted by atomic mass is 35.5. The van der Waals surface area contributed by atoms with Gasteiger partial charge in [0.25, 0.3) is 0 Å². The van der Waals surface area contributed by atoms with Crippen LogP contribution in [0.4, 0.5) is 30.4 Å². The second kappa shape index (κ2) is 11.1. The van der Waals surface area contributed by atoms with Gasteiger partial charge in [-0.15, -0.1) is 0 Å². The van der Waals surface area contributed by atoms with E-state index in [0.29, 0.717) is 49.1 Å². The van der Waals surface area contributed by atoms with Crippen LogP contribution in [0.2, 0.25) is 5.02 Å². The zero-order valence-corrected chi connectivity index (χ0v) is 23.9. The van der Waals surface area contributed by atoms with Crippen molar-refractivity contribution in [1.82, 2.24) is 14.8 Å². The molecule has 0 radical (unpaired) electrons. The maximum Gasteiger partial charge on any atom is 0.416 e. The Balaban J connectivity index is 1.48. The lowest BCUT2D eigenvalue weighted by Crippen LogP contribution is -2.53. The van der Waals surface area contributed by atoms with E-state index in [1.165, 1.54) is 11.8 Å². The van der Waals surface area contributed by atoms with Gasteiger partial charge in [0.15, 0.2) is 0 Å². The van der Waals surface area contributed by atoms with E-state index in [1.54, 1.807) is 32.2 Å². The number of halogens is 4. The van der Waals surface area contributed by atoms with Gasteiger partial charge in [0.05, 0.1) is 22.0 Å². The fourth-order valence-corrected chi connectivity index (χ4v) is 6.30. The van der Waals surface area contributed by atoms with Gasteiger partial charge in [0, 0.05) is 77.8 Å². The van der Waals surface area contributed by atoms with Gasteiger partial charge in [-0.1, -0.05) is 17.7 Å². The number of aryl methyl sites for hydroxylation is 1. The molecule has 0 saturated carbocycles. The summed E-state index contributed by atoms with van der Waals surface area (Å²) in [6, 6.07) is 5.98. The molecule has 13 heteroatoms. The summed E-state index contributed by atoms with van der Waals surface area (Å²) < 4.78 is 40.9. The quantitative estimate of drug-likeness (QED) is 0.541. The largest absolute Gasteiger partial charge is 0.416 e. The van der Waals surface area contributed by atoms with Gasteiger partial charge in [0.2, 0.25) is 17.7 Å². The molecule has 5 rings (SSSR count). The summed E-state index contributed by atoms with van der Waals surface area (Å²) in [5.41, 5.74) is 0.396. The standard InChI is InChI=1S/C28H32ClF3N6O3/c1-17-13-20(28(30,31)32)15-23(33-17)38-24(40)14-19-16-37(12-9-35-7-10-36(11-8-35)18(2)39)26-21(29)5-4-6-22(26)34(3)27(41)25(19)38/h4-6,13,15,19,25H,7-12,14,16H2,1-3H3/t19-,25+/m1/s1. The first-order chi connectivity index (χ1) is 19.3. The van der Waals surface area contributed by atoms with Crippen LogP contribution in [0.1, 0.15) is 24.6 Å². The van der Waals surface area contributed by atoms with Crippen LogP contribution in [0.15, 0.2) is 30.3 Å². The number of alkyl halides is 3. The minimum Gasteiger partial charge on any atom is -0.367 e. The van der Waals surface area contributed by atoms with Gasteiger partial charge in [0.1, 0.15) is 11.9 Å². The van der Waals surface area contributed by atoms with E-state index in [2.05, 4.69) is 14.8 Å². The van der Waals surface area contributed by atoms with Gasteiger partial charge in [-0.2, -0.15) is 13.2 Å². The molecule has 0 spiro atoms. The summed E-state index contributed by atoms with van der Waals surface area (Å²) in [5.74, 6) is -1.51. The first-order valence-electron chi connectivity index (χ1n) is 13.5. The number of hydrogen-bond acceptors (Lipinski definition) is 6. The minimum atomic E-state index is -4.63. The van der Waals surface area contributed by atoms with Gasteiger partial charge in [-0.05, 0) is 31.2 Å². The highest BCUT2D eigenvalue weighted by Crippen LogP contribution is 2.42. The number of carbonyl (C=O) groups is 3. The molecule has 1 aromatic heterocycles. The molecule has 41 heavy (non-hydrogen) atoms. The van der Waals surface area contributed by atoms with E-state index >= 15 is 0 Å². The number of aromatic nitrogens is 1. The molecule has 2 aromatic rings. The second-order valence-corrected chi connectivity index (χ2v) is 11.2. The predicted octanol–water partition coefficient (Wildman–Crippen LogP) is 3.43. The van der Waals surface area contributed by atoms with Crippen molar-refractivity contribution in [1.29, 1.82) is 0 Å². The maximum absolute atomic E-state index is 13.9. The molecule has 2 saturated heterocycles. The maximum atomic E-state index is 13.9. The normalized spacial score (nSPS) is 22.0. The lowest BCUT2D eigenvalue weighted by atomic mass is 9.95. The summed E-state index contributed by atoms with van der Waals surface area (Å²) in [7, 11) is 1.59. The monoisotopic (exact) mass is 592 g/mol. The van der Waals surface area contributed by atoms with E-state index in [-0.39, 0.29) is 23.8 Å². The summed E-state index contributed by atoms with van der Waals surface area (Å²) in [4.78, 5) is 52.0. The van der Waals surface area contributed by atoms with Crippen LogP contribution in [-0.4, -0.2) is 91.4 Å². The number of anilines is 3. The number of amides is 3. The topological polar surface area (TPSA) is 80.3 Å². The van der Waals surface area contributed by atoms with Crippen molar-refractivity contribution < 1.29 is 27.6 Å². The third-order valence-electron chi connectivity index (χ3n) is 8.13. The van der Waals surface area contributed by atoms with E-state index in [4.69, 9.17) is 11.6 Å². The number of pyridine rings is 1. The highest BCUT2D eigenvalue weighted by molar-refractivity contribution is 6.34. The van der Waals surface area contributed by atoms with Crippen molar-refractivity contribution in [2.75, 3.05) is 67.6 Å².